The fraction of sp³-hybridized carbons (Fsp3) is 0.444. The van der Waals surface area contributed by atoms with Gasteiger partial charge in [0.15, 0.2) is 0 Å². The first kappa shape index (κ1) is 22.0. The largest absolute Gasteiger partial charge is 0.423 e. The maximum atomic E-state index is 13.1. The lowest BCUT2D eigenvalue weighted by Gasteiger charge is -2.40. The van der Waals surface area contributed by atoms with Crippen LogP contribution in [-0.2, 0) is 15.6 Å². The van der Waals surface area contributed by atoms with Gasteiger partial charge in [-0.05, 0) is 36.1 Å². The Balaban J connectivity index is 1.76. The molecule has 2 N–H and O–H groups in total. The van der Waals surface area contributed by atoms with E-state index in [1.54, 1.807) is 17.5 Å². The summed E-state index contributed by atoms with van der Waals surface area (Å²) < 4.78 is 66.3. The van der Waals surface area contributed by atoms with Crippen LogP contribution in [0.1, 0.15) is 12.5 Å². The molecule has 1 aliphatic heterocycles. The monoisotopic (exact) mass is 450 g/mol. The van der Waals surface area contributed by atoms with Crippen LogP contribution in [0.15, 0.2) is 46.0 Å². The molecule has 1 aliphatic rings. The van der Waals surface area contributed by atoms with Gasteiger partial charge in [0, 0.05) is 31.4 Å². The zero-order valence-corrected chi connectivity index (χ0v) is 17.1. The summed E-state index contributed by atoms with van der Waals surface area (Å²) in [6.45, 7) is 1.21. The third kappa shape index (κ3) is 4.02. The van der Waals surface area contributed by atoms with E-state index in [0.717, 1.165) is 23.5 Å². The standard InChI is InChI=1S/C18H21F3N2O4S2/c1-13-11-22(29(26,27)16-3-2-10-28-16)8-9-23(13)15-6-4-14(5-7-15)17(25,12-24)18(19,20)21/h2-7,10,13,24-25H,8-9,11-12H2,1H3/t13-,17?/m0/s1. The van der Waals surface area contributed by atoms with Crippen molar-refractivity contribution in [2.75, 3.05) is 31.1 Å². The van der Waals surface area contributed by atoms with E-state index >= 15 is 0 Å². The highest BCUT2D eigenvalue weighted by Gasteiger charge is 2.54. The Morgan fingerprint density at radius 2 is 1.83 bits per heavy atom. The van der Waals surface area contributed by atoms with Crippen LogP contribution < -0.4 is 4.90 Å². The number of aliphatic hydroxyl groups is 2. The van der Waals surface area contributed by atoms with E-state index in [-0.39, 0.29) is 23.3 Å². The third-order valence-electron chi connectivity index (χ3n) is 5.05. The molecule has 0 radical (unpaired) electrons. The average molecular weight is 451 g/mol. The quantitative estimate of drug-likeness (QED) is 0.731. The molecule has 11 heteroatoms. The van der Waals surface area contributed by atoms with E-state index in [2.05, 4.69) is 0 Å². The first-order chi connectivity index (χ1) is 13.5. The molecule has 1 aromatic carbocycles. The molecule has 3 rings (SSSR count). The predicted molar refractivity (Wildman–Crippen MR) is 103 cm³/mol. The second-order valence-electron chi connectivity index (χ2n) is 6.90. The van der Waals surface area contributed by atoms with Gasteiger partial charge in [-0.2, -0.15) is 17.5 Å². The number of thiophene rings is 1. The van der Waals surface area contributed by atoms with Gasteiger partial charge in [0.1, 0.15) is 4.21 Å². The molecule has 29 heavy (non-hydrogen) atoms. The van der Waals surface area contributed by atoms with Crippen LogP contribution >= 0.6 is 11.3 Å². The minimum Gasteiger partial charge on any atom is -0.393 e. The summed E-state index contributed by atoms with van der Waals surface area (Å²) in [5.74, 6) is 0. The van der Waals surface area contributed by atoms with Crippen LogP contribution in [0.2, 0.25) is 0 Å². The predicted octanol–water partition coefficient (Wildman–Crippen LogP) is 2.39. The SMILES string of the molecule is C[C@H]1CN(S(=O)(=O)c2cccs2)CCN1c1ccc(C(O)(CO)C(F)(F)F)cc1. The Hall–Kier alpha value is -1.66. The average Bonchev–Trinajstić information content (AvgIpc) is 3.22. The number of hydrogen-bond acceptors (Lipinski definition) is 6. The van der Waals surface area contributed by atoms with E-state index < -0.39 is 34.0 Å². The zero-order valence-electron chi connectivity index (χ0n) is 15.5. The van der Waals surface area contributed by atoms with Crippen LogP contribution in [0.4, 0.5) is 18.9 Å². The van der Waals surface area contributed by atoms with Crippen molar-refractivity contribution < 1.29 is 31.8 Å². The van der Waals surface area contributed by atoms with Gasteiger partial charge in [-0.1, -0.05) is 18.2 Å². The van der Waals surface area contributed by atoms with Gasteiger partial charge in [0.05, 0.1) is 6.61 Å². The first-order valence-corrected chi connectivity index (χ1v) is 11.1. The number of hydrogen-bond donors (Lipinski definition) is 2. The highest BCUT2D eigenvalue weighted by atomic mass is 32.2. The van der Waals surface area contributed by atoms with Crippen molar-refractivity contribution in [3.63, 3.8) is 0 Å². The molecule has 0 aliphatic carbocycles. The summed E-state index contributed by atoms with van der Waals surface area (Å²) >= 11 is 1.15. The maximum absolute atomic E-state index is 13.1. The van der Waals surface area contributed by atoms with Crippen LogP contribution in [-0.4, -0.2) is 61.4 Å². The van der Waals surface area contributed by atoms with Crippen molar-refractivity contribution in [1.29, 1.82) is 0 Å². The molecule has 6 nitrogen and oxygen atoms in total. The van der Waals surface area contributed by atoms with Crippen molar-refractivity contribution in [2.24, 2.45) is 0 Å². The van der Waals surface area contributed by atoms with Crippen LogP contribution in [0.3, 0.4) is 0 Å². The molecule has 1 unspecified atom stereocenters. The summed E-state index contributed by atoms with van der Waals surface area (Å²) in [7, 11) is -3.56. The Kier molecular flexibility index (Phi) is 5.98. The van der Waals surface area contributed by atoms with Gasteiger partial charge >= 0.3 is 6.18 Å². The number of nitrogens with zero attached hydrogens (tertiary/aromatic N) is 2. The molecule has 2 aromatic rings. The second kappa shape index (κ2) is 7.88. The number of alkyl halides is 3. The third-order valence-corrected chi connectivity index (χ3v) is 8.29. The number of anilines is 1. The highest BCUT2D eigenvalue weighted by molar-refractivity contribution is 7.91. The normalized spacial score (nSPS) is 21.2. The summed E-state index contributed by atoms with van der Waals surface area (Å²) in [4.78, 5) is 1.90. The van der Waals surface area contributed by atoms with Gasteiger partial charge in [0.25, 0.3) is 10.0 Å². The fourth-order valence-electron chi connectivity index (χ4n) is 3.34. The lowest BCUT2D eigenvalue weighted by atomic mass is 9.93. The Morgan fingerprint density at radius 3 is 2.31 bits per heavy atom. The van der Waals surface area contributed by atoms with E-state index in [9.17, 15) is 26.7 Å². The molecule has 0 spiro atoms. The first-order valence-electron chi connectivity index (χ1n) is 8.81. The van der Waals surface area contributed by atoms with Crippen molar-refractivity contribution in [3.05, 3.63) is 47.3 Å². The molecular formula is C18H21F3N2O4S2. The molecule has 0 amide bonds. The maximum Gasteiger partial charge on any atom is 0.423 e. The summed E-state index contributed by atoms with van der Waals surface area (Å²) in [6, 6.07) is 8.14. The highest BCUT2D eigenvalue weighted by Crippen LogP contribution is 2.39. The number of piperazine rings is 1. The van der Waals surface area contributed by atoms with E-state index in [1.165, 1.54) is 16.4 Å². The second-order valence-corrected chi connectivity index (χ2v) is 10.0. The van der Waals surface area contributed by atoms with Crippen LogP contribution in [0.5, 0.6) is 0 Å². The smallest absolute Gasteiger partial charge is 0.393 e. The van der Waals surface area contributed by atoms with Crippen molar-refractivity contribution in [1.82, 2.24) is 4.31 Å². The van der Waals surface area contributed by atoms with Gasteiger partial charge in [-0.15, -0.1) is 11.3 Å². The lowest BCUT2D eigenvalue weighted by molar-refractivity contribution is -0.277. The molecule has 2 heterocycles. The molecule has 0 saturated carbocycles. The summed E-state index contributed by atoms with van der Waals surface area (Å²) in [5.41, 5.74) is -3.18. The van der Waals surface area contributed by atoms with Crippen molar-refractivity contribution >= 4 is 27.0 Å². The minimum absolute atomic E-state index is 0.205. The van der Waals surface area contributed by atoms with Gasteiger partial charge < -0.3 is 15.1 Å². The Morgan fingerprint density at radius 1 is 1.17 bits per heavy atom. The van der Waals surface area contributed by atoms with E-state index in [1.807, 2.05) is 11.8 Å². The fourth-order valence-corrected chi connectivity index (χ4v) is 5.99. The minimum atomic E-state index is -5.02. The molecule has 0 bridgehead atoms. The van der Waals surface area contributed by atoms with Crippen molar-refractivity contribution in [3.8, 4) is 0 Å². The van der Waals surface area contributed by atoms with Crippen LogP contribution in [0.25, 0.3) is 0 Å². The lowest BCUT2D eigenvalue weighted by Crippen LogP contribution is -2.53. The Labute approximate surface area is 170 Å². The zero-order chi connectivity index (χ0) is 21.4. The molecule has 1 saturated heterocycles. The van der Waals surface area contributed by atoms with Gasteiger partial charge in [0.2, 0.25) is 5.60 Å². The number of rotatable bonds is 5. The van der Waals surface area contributed by atoms with Crippen molar-refractivity contribution in [2.45, 2.75) is 29.0 Å². The van der Waals surface area contributed by atoms with Crippen LogP contribution in [0, 0.1) is 0 Å². The van der Waals surface area contributed by atoms with Gasteiger partial charge in [-0.3, -0.25) is 0 Å². The summed E-state index contributed by atoms with van der Waals surface area (Å²) in [5, 5.41) is 20.6. The van der Waals surface area contributed by atoms with E-state index in [0.29, 0.717) is 12.2 Å². The number of benzene rings is 1. The number of sulfonamides is 1. The molecule has 2 atom stereocenters. The molecule has 160 valence electrons. The van der Waals surface area contributed by atoms with E-state index in [4.69, 9.17) is 5.11 Å². The molecule has 1 fully saturated rings. The Bertz CT molecular complexity index is 933. The molecular weight excluding hydrogens is 429 g/mol. The summed E-state index contributed by atoms with van der Waals surface area (Å²) in [6.07, 6.45) is -5.02. The number of halogens is 3. The van der Waals surface area contributed by atoms with Gasteiger partial charge in [-0.25, -0.2) is 8.42 Å². The number of aliphatic hydroxyl groups excluding tert-OH is 1. The topological polar surface area (TPSA) is 81.1 Å². The molecule has 1 aromatic heterocycles.